The van der Waals surface area contributed by atoms with Gasteiger partial charge < -0.3 is 9.14 Å². The number of fused-ring (bicyclic) bond motifs is 3. The number of hydrogen-bond donors (Lipinski definition) is 0. The summed E-state index contributed by atoms with van der Waals surface area (Å²) in [7, 11) is 0. The van der Waals surface area contributed by atoms with Crippen LogP contribution in [-0.2, 0) is 4.74 Å². The summed E-state index contributed by atoms with van der Waals surface area (Å²) in [6.45, 7) is 5.73. The molecule has 116 valence electrons. The molecule has 0 radical (unpaired) electrons. The normalized spacial score (nSPS) is 10.9. The SMILES string of the molecule is CCOC(=O)c1csc2c(C#N)c3c(C)cc(C)cn3c2c1=O. The molecule has 0 N–H and O–H groups in total. The van der Waals surface area contributed by atoms with Gasteiger partial charge in [-0.15, -0.1) is 11.3 Å². The minimum absolute atomic E-state index is 0.00685. The van der Waals surface area contributed by atoms with Crippen molar-refractivity contribution in [2.75, 3.05) is 6.61 Å². The van der Waals surface area contributed by atoms with Gasteiger partial charge in [-0.2, -0.15) is 5.26 Å². The first-order valence-electron chi connectivity index (χ1n) is 7.13. The molecule has 6 heteroatoms. The first-order valence-corrected chi connectivity index (χ1v) is 8.01. The summed E-state index contributed by atoms with van der Waals surface area (Å²) in [5.74, 6) is -0.631. The Morgan fingerprint density at radius 1 is 1.39 bits per heavy atom. The summed E-state index contributed by atoms with van der Waals surface area (Å²) >= 11 is 1.22. The number of esters is 1. The second kappa shape index (κ2) is 5.52. The second-order valence-electron chi connectivity index (χ2n) is 5.28. The van der Waals surface area contributed by atoms with Crippen molar-refractivity contribution >= 4 is 33.0 Å². The van der Waals surface area contributed by atoms with Crippen LogP contribution in [0.1, 0.15) is 34.0 Å². The molecule has 0 bridgehead atoms. The number of nitrogens with zero attached hydrogens (tertiary/aromatic N) is 2. The fraction of sp³-hybridized carbons (Fsp3) is 0.235. The van der Waals surface area contributed by atoms with Crippen molar-refractivity contribution in [3.8, 4) is 6.07 Å². The van der Waals surface area contributed by atoms with Crippen molar-refractivity contribution in [1.29, 1.82) is 5.26 Å². The van der Waals surface area contributed by atoms with E-state index >= 15 is 0 Å². The molecule has 0 aliphatic heterocycles. The molecule has 5 nitrogen and oxygen atoms in total. The van der Waals surface area contributed by atoms with E-state index in [1.807, 2.05) is 26.1 Å². The molecule has 3 rings (SSSR count). The van der Waals surface area contributed by atoms with Crippen LogP contribution in [0.15, 0.2) is 22.4 Å². The second-order valence-corrected chi connectivity index (χ2v) is 6.16. The maximum atomic E-state index is 12.8. The Kier molecular flexibility index (Phi) is 3.66. The highest BCUT2D eigenvalue weighted by Crippen LogP contribution is 2.30. The van der Waals surface area contributed by atoms with E-state index in [1.54, 1.807) is 11.3 Å². The molecule has 3 aromatic rings. The van der Waals surface area contributed by atoms with Crippen LogP contribution >= 0.6 is 11.3 Å². The maximum absolute atomic E-state index is 12.8. The first kappa shape index (κ1) is 15.3. The third-order valence-electron chi connectivity index (χ3n) is 3.67. The molecule has 0 amide bonds. The molecule has 0 aromatic carbocycles. The van der Waals surface area contributed by atoms with E-state index in [4.69, 9.17) is 4.74 Å². The van der Waals surface area contributed by atoms with Gasteiger partial charge in [-0.25, -0.2) is 4.79 Å². The monoisotopic (exact) mass is 326 g/mol. The molecule has 0 saturated heterocycles. The Hall–Kier alpha value is -2.65. The van der Waals surface area contributed by atoms with Crippen molar-refractivity contribution in [2.45, 2.75) is 20.8 Å². The van der Waals surface area contributed by atoms with Crippen LogP contribution in [0.25, 0.3) is 15.7 Å². The van der Waals surface area contributed by atoms with Gasteiger partial charge in [0.2, 0.25) is 5.43 Å². The highest BCUT2D eigenvalue weighted by molar-refractivity contribution is 7.17. The van der Waals surface area contributed by atoms with Crippen molar-refractivity contribution in [1.82, 2.24) is 4.40 Å². The molecule has 0 aliphatic carbocycles. The Morgan fingerprint density at radius 2 is 2.13 bits per heavy atom. The molecule has 0 saturated carbocycles. The van der Waals surface area contributed by atoms with Crippen LogP contribution in [-0.4, -0.2) is 17.0 Å². The van der Waals surface area contributed by atoms with Gasteiger partial charge in [0.15, 0.2) is 0 Å². The number of aryl methyl sites for hydroxylation is 2. The fourth-order valence-corrected chi connectivity index (χ4v) is 3.82. The summed E-state index contributed by atoms with van der Waals surface area (Å²) < 4.78 is 7.26. The van der Waals surface area contributed by atoms with Gasteiger partial charge in [-0.3, -0.25) is 4.79 Å². The third kappa shape index (κ3) is 2.21. The Morgan fingerprint density at radius 3 is 2.78 bits per heavy atom. The number of carbonyl (C=O) groups excluding carboxylic acids is 1. The lowest BCUT2D eigenvalue weighted by atomic mass is 10.1. The number of nitriles is 1. The van der Waals surface area contributed by atoms with Crippen LogP contribution in [0.2, 0.25) is 0 Å². The maximum Gasteiger partial charge on any atom is 0.343 e. The topological polar surface area (TPSA) is 71.6 Å². The Bertz CT molecular complexity index is 1050. The summed E-state index contributed by atoms with van der Waals surface area (Å²) in [6, 6.07) is 4.16. The molecule has 0 aliphatic rings. The highest BCUT2D eigenvalue weighted by Gasteiger charge is 2.21. The van der Waals surface area contributed by atoms with Crippen LogP contribution in [0.4, 0.5) is 0 Å². The van der Waals surface area contributed by atoms with Crippen molar-refractivity contribution < 1.29 is 9.53 Å². The lowest BCUT2D eigenvalue weighted by Crippen LogP contribution is -2.17. The predicted molar refractivity (Wildman–Crippen MR) is 89.2 cm³/mol. The molecule has 0 atom stereocenters. The van der Waals surface area contributed by atoms with Gasteiger partial charge >= 0.3 is 5.97 Å². The van der Waals surface area contributed by atoms with Crippen molar-refractivity contribution in [3.63, 3.8) is 0 Å². The summed E-state index contributed by atoms with van der Waals surface area (Å²) in [6.07, 6.45) is 1.81. The van der Waals surface area contributed by atoms with E-state index in [0.717, 1.165) is 11.1 Å². The van der Waals surface area contributed by atoms with Gasteiger partial charge in [0.05, 0.1) is 22.4 Å². The van der Waals surface area contributed by atoms with Crippen LogP contribution in [0, 0.1) is 25.2 Å². The smallest absolute Gasteiger partial charge is 0.343 e. The average molecular weight is 326 g/mol. The molecule has 0 unspecified atom stereocenters. The molecule has 3 heterocycles. The van der Waals surface area contributed by atoms with Gasteiger partial charge in [-0.1, -0.05) is 6.07 Å². The largest absolute Gasteiger partial charge is 0.462 e. The van der Waals surface area contributed by atoms with E-state index in [2.05, 4.69) is 6.07 Å². The van der Waals surface area contributed by atoms with Gasteiger partial charge in [0.25, 0.3) is 0 Å². The number of hydrogen-bond acceptors (Lipinski definition) is 5. The standard InChI is InChI=1S/C17H14N2O3S/c1-4-22-17(21)12-8-23-16-11(6-18)13-10(3)5-9(2)7-19(13)14(16)15(12)20/h5,7-8H,4H2,1-3H3. The number of carbonyl (C=O) groups is 1. The zero-order valence-electron chi connectivity index (χ0n) is 13.0. The van der Waals surface area contributed by atoms with E-state index in [1.165, 1.54) is 16.7 Å². The quantitative estimate of drug-likeness (QED) is 0.678. The Labute approximate surface area is 136 Å². The third-order valence-corrected chi connectivity index (χ3v) is 4.66. The van der Waals surface area contributed by atoms with Gasteiger partial charge in [-0.05, 0) is 31.9 Å². The highest BCUT2D eigenvalue weighted by atomic mass is 32.1. The van der Waals surface area contributed by atoms with E-state index in [-0.39, 0.29) is 12.2 Å². The molecule has 0 fully saturated rings. The van der Waals surface area contributed by atoms with E-state index in [0.29, 0.717) is 21.3 Å². The zero-order chi connectivity index (χ0) is 16.7. The van der Waals surface area contributed by atoms with Gasteiger partial charge in [0.1, 0.15) is 17.1 Å². The minimum Gasteiger partial charge on any atom is -0.462 e. The lowest BCUT2D eigenvalue weighted by molar-refractivity contribution is 0.0525. The Balaban J connectivity index is 2.51. The van der Waals surface area contributed by atoms with Crippen LogP contribution < -0.4 is 5.43 Å². The molecule has 23 heavy (non-hydrogen) atoms. The summed E-state index contributed by atoms with van der Waals surface area (Å²) in [4.78, 5) is 24.8. The summed E-state index contributed by atoms with van der Waals surface area (Å²) in [5.41, 5.74) is 3.03. The van der Waals surface area contributed by atoms with Crippen LogP contribution in [0.3, 0.4) is 0 Å². The zero-order valence-corrected chi connectivity index (χ0v) is 13.8. The lowest BCUT2D eigenvalue weighted by Gasteiger charge is -2.04. The number of aromatic nitrogens is 1. The van der Waals surface area contributed by atoms with E-state index in [9.17, 15) is 14.9 Å². The number of rotatable bonds is 2. The number of pyridine rings is 1. The minimum atomic E-state index is -0.631. The van der Waals surface area contributed by atoms with Crippen molar-refractivity contribution in [3.05, 3.63) is 50.1 Å². The molecule has 3 aromatic heterocycles. The molecular weight excluding hydrogens is 312 g/mol. The summed E-state index contributed by atoms with van der Waals surface area (Å²) in [5, 5.41) is 11.0. The number of ether oxygens (including phenoxy) is 1. The first-order chi connectivity index (χ1) is 11.0. The van der Waals surface area contributed by atoms with E-state index < -0.39 is 11.4 Å². The van der Waals surface area contributed by atoms with Gasteiger partial charge in [0, 0.05) is 11.6 Å². The molecule has 0 spiro atoms. The molecular formula is C17H14N2O3S. The van der Waals surface area contributed by atoms with Crippen LogP contribution in [0.5, 0.6) is 0 Å². The predicted octanol–water partition coefficient (Wildman–Crippen LogP) is 3.18. The average Bonchev–Trinajstić information content (AvgIpc) is 2.82. The fourth-order valence-electron chi connectivity index (χ4n) is 2.81. The van der Waals surface area contributed by atoms with Crippen molar-refractivity contribution in [2.24, 2.45) is 0 Å².